The Kier molecular flexibility index (Phi) is 11.8. The molecule has 2 aromatic carbocycles. The van der Waals surface area contributed by atoms with E-state index in [-0.39, 0.29) is 47.5 Å². The predicted octanol–water partition coefficient (Wildman–Crippen LogP) is 3.40. The molecule has 0 radical (unpaired) electrons. The lowest BCUT2D eigenvalue weighted by atomic mass is 9.94. The van der Waals surface area contributed by atoms with Crippen LogP contribution in [-0.4, -0.2) is 107 Å². The number of carbonyl (C=O) groups is 3. The van der Waals surface area contributed by atoms with Crippen molar-refractivity contribution in [1.29, 1.82) is 0 Å². The van der Waals surface area contributed by atoms with E-state index in [1.807, 2.05) is 18.2 Å². The van der Waals surface area contributed by atoms with E-state index < -0.39 is 24.5 Å². The minimum Gasteiger partial charge on any atom is -0.504 e. The summed E-state index contributed by atoms with van der Waals surface area (Å²) in [5.74, 6) is -0.388. The van der Waals surface area contributed by atoms with Gasteiger partial charge in [-0.2, -0.15) is 0 Å². The average Bonchev–Trinajstić information content (AvgIpc) is 3.80. The standard InChI is InChI=1S/C42H48FN9O5.CH2F2/c43-32-3-1-2-30(39(32)54)33(44)18-36-40(45)46-19-28-16-29(23-51(28)36)57-38-9-5-26-21-49(13-12-34(26)47-38)20-24-10-14-50(15-11-24)27-6-4-25-22-52(42(56)31(25)17-27)35-7-8-37(53)48-41(35)55;2-1-3/h1-6,9,17-18,24,28-29,35,46,54H,7-8,10-16,19-23,44-45H2,(H,48,53,55);1H2/b33-18-;. The summed E-state index contributed by atoms with van der Waals surface area (Å²) in [6.07, 6.45) is 5.92. The van der Waals surface area contributed by atoms with Crippen LogP contribution < -0.4 is 31.7 Å². The fourth-order valence-corrected chi connectivity index (χ4v) is 9.38. The van der Waals surface area contributed by atoms with Crippen LogP contribution >= 0.6 is 0 Å². The van der Waals surface area contributed by atoms with Crippen LogP contribution in [0.1, 0.15) is 64.8 Å². The average molecular weight is 830 g/mol. The van der Waals surface area contributed by atoms with Gasteiger partial charge in [0.25, 0.3) is 5.91 Å². The third-order valence-corrected chi connectivity index (χ3v) is 12.5. The topological polar surface area (TPSA) is 183 Å². The molecule has 3 aromatic rings. The summed E-state index contributed by atoms with van der Waals surface area (Å²) in [5, 5.41) is 15.8. The Morgan fingerprint density at radius 1 is 0.983 bits per heavy atom. The van der Waals surface area contributed by atoms with Gasteiger partial charge in [-0.05, 0) is 66.6 Å². The van der Waals surface area contributed by atoms with Gasteiger partial charge in [0.05, 0.1) is 24.0 Å². The van der Waals surface area contributed by atoms with E-state index >= 15 is 0 Å². The van der Waals surface area contributed by atoms with Crippen molar-refractivity contribution in [1.82, 2.24) is 30.3 Å². The number of carbonyl (C=O) groups excluding carboxylic acids is 3. The van der Waals surface area contributed by atoms with Gasteiger partial charge < -0.3 is 41.3 Å². The molecule has 3 amide bonds. The number of anilines is 1. The maximum absolute atomic E-state index is 14.0. The number of phenols is 1. The third kappa shape index (κ3) is 8.40. The summed E-state index contributed by atoms with van der Waals surface area (Å²) < 4.78 is 39.7. The largest absolute Gasteiger partial charge is 0.504 e. The number of aromatic hydroxyl groups is 1. The number of nitrogens with two attached hydrogens (primary N) is 2. The second-order valence-corrected chi connectivity index (χ2v) is 16.2. The van der Waals surface area contributed by atoms with Crippen LogP contribution in [0.2, 0.25) is 0 Å². The Balaban J connectivity index is 0.00000162. The molecule has 0 aliphatic carbocycles. The number of nitrogens with one attached hydrogen (secondary N) is 2. The molecule has 7 heterocycles. The van der Waals surface area contributed by atoms with Crippen LogP contribution in [0, 0.1) is 11.7 Å². The molecule has 318 valence electrons. The van der Waals surface area contributed by atoms with Gasteiger partial charge >= 0.3 is 0 Å². The molecule has 1 aromatic heterocycles. The molecule has 60 heavy (non-hydrogen) atoms. The SMILES string of the molecule is FCF.NC1=C(/C=C(\N)c2cccc(F)c2O)N2CC(Oc3ccc4c(n3)CCN(CC3CCN(c5ccc6c(c5)C(=O)N(C5CCC(=O)NC5=O)C6)CC3)C4)CC2CN1. The number of hydrogen-bond acceptors (Lipinski definition) is 12. The minimum atomic E-state index is -1.75. The zero-order valence-electron chi connectivity index (χ0n) is 33.2. The number of alkyl halides is 2. The van der Waals surface area contributed by atoms with E-state index in [1.165, 1.54) is 17.7 Å². The summed E-state index contributed by atoms with van der Waals surface area (Å²) in [6.45, 7) is 4.53. The molecule has 7 N–H and O–H groups in total. The second-order valence-electron chi connectivity index (χ2n) is 16.2. The number of amides is 3. The molecule has 3 saturated heterocycles. The smallest absolute Gasteiger partial charge is 0.255 e. The summed E-state index contributed by atoms with van der Waals surface area (Å²) in [6, 6.07) is 14.0. The lowest BCUT2D eigenvalue weighted by Gasteiger charge is -2.37. The van der Waals surface area contributed by atoms with Crippen molar-refractivity contribution >= 4 is 29.1 Å². The first kappa shape index (κ1) is 40.8. The number of halogens is 3. The van der Waals surface area contributed by atoms with Crippen LogP contribution in [0.15, 0.2) is 66.1 Å². The second kappa shape index (κ2) is 17.3. The molecule has 0 saturated carbocycles. The number of piperidine rings is 2. The fraction of sp³-hybridized carbons (Fsp3) is 0.442. The van der Waals surface area contributed by atoms with Crippen molar-refractivity contribution in [3.63, 3.8) is 0 Å². The first-order chi connectivity index (χ1) is 29.0. The number of fused-ring (bicyclic) bond motifs is 3. The maximum Gasteiger partial charge on any atom is 0.255 e. The van der Waals surface area contributed by atoms with Gasteiger partial charge in [-0.15, -0.1) is 0 Å². The summed E-state index contributed by atoms with van der Waals surface area (Å²) in [5.41, 5.74) is 18.7. The van der Waals surface area contributed by atoms with Crippen LogP contribution in [-0.2, 0) is 29.1 Å². The highest BCUT2D eigenvalue weighted by atomic mass is 19.3. The molecule has 14 nitrogen and oxygen atoms in total. The van der Waals surface area contributed by atoms with Crippen molar-refractivity contribution in [3.05, 3.63) is 99.9 Å². The molecule has 9 rings (SSSR count). The van der Waals surface area contributed by atoms with Crippen molar-refractivity contribution in [2.75, 3.05) is 51.1 Å². The number of phenolic OH excluding ortho intramolecular Hbond substituents is 1. The van der Waals surface area contributed by atoms with E-state index in [1.54, 1.807) is 17.0 Å². The van der Waals surface area contributed by atoms with E-state index in [0.717, 1.165) is 75.4 Å². The highest BCUT2D eigenvalue weighted by molar-refractivity contribution is 6.05. The predicted molar refractivity (Wildman–Crippen MR) is 217 cm³/mol. The van der Waals surface area contributed by atoms with Gasteiger partial charge in [0, 0.05) is 93.7 Å². The molecule has 3 fully saturated rings. The van der Waals surface area contributed by atoms with E-state index in [9.17, 15) is 32.7 Å². The monoisotopic (exact) mass is 829 g/mol. The number of imide groups is 1. The molecule has 3 atom stereocenters. The number of para-hydroxylation sites is 1. The normalized spacial score (nSPS) is 23.4. The number of ether oxygens (including phenoxy) is 1. The molecule has 6 aliphatic heterocycles. The Morgan fingerprint density at radius 2 is 1.77 bits per heavy atom. The molecule has 3 unspecified atom stereocenters. The Morgan fingerprint density at radius 3 is 2.55 bits per heavy atom. The number of pyridine rings is 1. The Bertz CT molecular complexity index is 2210. The number of nitrogens with zero attached hydrogens (tertiary/aromatic N) is 5. The zero-order chi connectivity index (χ0) is 42.1. The van der Waals surface area contributed by atoms with Gasteiger partial charge in [0.15, 0.2) is 11.6 Å². The highest BCUT2D eigenvalue weighted by Gasteiger charge is 2.40. The van der Waals surface area contributed by atoms with Crippen LogP contribution in [0.4, 0.5) is 18.9 Å². The zero-order valence-corrected chi connectivity index (χ0v) is 33.2. The fourth-order valence-electron chi connectivity index (χ4n) is 9.38. The van der Waals surface area contributed by atoms with Gasteiger partial charge in [0.2, 0.25) is 24.6 Å². The molecule has 6 aliphatic rings. The Labute approximate surface area is 346 Å². The van der Waals surface area contributed by atoms with Gasteiger partial charge in [-0.25, -0.2) is 18.2 Å². The van der Waals surface area contributed by atoms with Gasteiger partial charge in [-0.3, -0.25) is 24.6 Å². The number of benzene rings is 2. The van der Waals surface area contributed by atoms with Gasteiger partial charge in [-0.1, -0.05) is 18.2 Å². The van der Waals surface area contributed by atoms with Crippen molar-refractivity contribution in [3.8, 4) is 11.6 Å². The van der Waals surface area contributed by atoms with Crippen molar-refractivity contribution < 1.29 is 37.4 Å². The van der Waals surface area contributed by atoms with E-state index in [2.05, 4.69) is 37.5 Å². The lowest BCUT2D eigenvalue weighted by molar-refractivity contribution is -0.136. The quantitative estimate of drug-likeness (QED) is 0.209. The number of allylic oxidation sites excluding steroid dienone is 1. The number of aromatic nitrogens is 1. The van der Waals surface area contributed by atoms with E-state index in [0.29, 0.717) is 54.9 Å². The first-order valence-corrected chi connectivity index (χ1v) is 20.5. The maximum atomic E-state index is 14.0. The van der Waals surface area contributed by atoms with Crippen molar-refractivity contribution in [2.45, 2.75) is 69.8 Å². The molecule has 17 heteroatoms. The Hall–Kier alpha value is -5.97. The van der Waals surface area contributed by atoms with Crippen LogP contribution in [0.3, 0.4) is 0 Å². The minimum absolute atomic E-state index is 0.115. The number of rotatable bonds is 8. The van der Waals surface area contributed by atoms with Crippen LogP contribution in [0.5, 0.6) is 11.6 Å². The summed E-state index contributed by atoms with van der Waals surface area (Å²) in [7, 11) is 0. The third-order valence-electron chi connectivity index (χ3n) is 12.5. The van der Waals surface area contributed by atoms with E-state index in [4.69, 9.17) is 21.2 Å². The van der Waals surface area contributed by atoms with Crippen molar-refractivity contribution in [2.24, 2.45) is 17.4 Å². The highest BCUT2D eigenvalue weighted by Crippen LogP contribution is 2.35. The lowest BCUT2D eigenvalue weighted by Crippen LogP contribution is -2.52. The van der Waals surface area contributed by atoms with Gasteiger partial charge in [0.1, 0.15) is 18.0 Å². The summed E-state index contributed by atoms with van der Waals surface area (Å²) >= 11 is 0. The molecular weight excluding hydrogens is 780 g/mol. The molecule has 0 spiro atoms. The number of hydrogen-bond donors (Lipinski definition) is 5. The molecular formula is C43H50F3N9O5. The molecule has 0 bridgehead atoms. The van der Waals surface area contributed by atoms with Crippen LogP contribution in [0.25, 0.3) is 5.70 Å². The first-order valence-electron chi connectivity index (χ1n) is 20.5. The summed E-state index contributed by atoms with van der Waals surface area (Å²) in [4.78, 5) is 51.1.